The van der Waals surface area contributed by atoms with E-state index in [1.165, 1.54) is 7.11 Å². The monoisotopic (exact) mass is 158 g/mol. The van der Waals surface area contributed by atoms with Crippen LogP contribution in [0.3, 0.4) is 0 Å². The summed E-state index contributed by atoms with van der Waals surface area (Å²) >= 11 is 0. The Morgan fingerprint density at radius 2 is 2.36 bits per heavy atom. The molecule has 4 nitrogen and oxygen atoms in total. The normalized spacial score (nSPS) is 25.3. The molecule has 62 valence electrons. The number of aliphatic hydroxyl groups is 1. The molecule has 1 atom stereocenters. The Kier molecular flexibility index (Phi) is 2.14. The summed E-state index contributed by atoms with van der Waals surface area (Å²) in [6.45, 7) is 1.73. The first-order chi connectivity index (χ1) is 5.16. The Morgan fingerprint density at radius 3 is 2.91 bits per heavy atom. The van der Waals surface area contributed by atoms with Crippen molar-refractivity contribution in [2.45, 2.75) is 13.0 Å². The van der Waals surface area contributed by atoms with Gasteiger partial charge in [-0.05, 0) is 6.92 Å². The van der Waals surface area contributed by atoms with Gasteiger partial charge in [-0.25, -0.2) is 0 Å². The zero-order valence-corrected chi connectivity index (χ0v) is 6.46. The van der Waals surface area contributed by atoms with E-state index >= 15 is 0 Å². The van der Waals surface area contributed by atoms with Crippen LogP contribution in [0.15, 0.2) is 11.5 Å². The van der Waals surface area contributed by atoms with Gasteiger partial charge in [-0.1, -0.05) is 0 Å². The van der Waals surface area contributed by atoms with Gasteiger partial charge < -0.3 is 14.6 Å². The maximum Gasteiger partial charge on any atom is 0.232 e. The summed E-state index contributed by atoms with van der Waals surface area (Å²) in [5.74, 6) is -0.470. The lowest BCUT2D eigenvalue weighted by Gasteiger charge is -2.20. The van der Waals surface area contributed by atoms with Gasteiger partial charge in [0.15, 0.2) is 11.9 Å². The molecule has 11 heavy (non-hydrogen) atoms. The summed E-state index contributed by atoms with van der Waals surface area (Å²) in [5, 5.41) is 9.07. The van der Waals surface area contributed by atoms with E-state index in [0.29, 0.717) is 0 Å². The van der Waals surface area contributed by atoms with Crippen molar-refractivity contribution in [1.82, 2.24) is 0 Å². The minimum absolute atomic E-state index is 0.186. The average molecular weight is 158 g/mol. The molecule has 4 heteroatoms. The van der Waals surface area contributed by atoms with E-state index in [-0.39, 0.29) is 18.1 Å². The highest BCUT2D eigenvalue weighted by molar-refractivity contribution is 5.97. The molecule has 0 aromatic carbocycles. The Labute approximate surface area is 64.4 Å². The Bertz CT molecular complexity index is 206. The van der Waals surface area contributed by atoms with Crippen LogP contribution in [-0.4, -0.2) is 30.7 Å². The first-order valence-corrected chi connectivity index (χ1v) is 3.26. The predicted molar refractivity (Wildman–Crippen MR) is 37.1 cm³/mol. The number of carbonyl (C=O) groups excluding carboxylic acids is 1. The smallest absolute Gasteiger partial charge is 0.232 e. The van der Waals surface area contributed by atoms with Crippen molar-refractivity contribution in [2.75, 3.05) is 13.7 Å². The SMILES string of the molecule is COC1COC(C)=C(O)C1=O. The first kappa shape index (κ1) is 8.07. The van der Waals surface area contributed by atoms with E-state index in [0.717, 1.165) is 0 Å². The van der Waals surface area contributed by atoms with Crippen LogP contribution in [-0.2, 0) is 14.3 Å². The summed E-state index contributed by atoms with van der Waals surface area (Å²) in [7, 11) is 1.40. The lowest BCUT2D eigenvalue weighted by Crippen LogP contribution is -2.34. The van der Waals surface area contributed by atoms with Crippen molar-refractivity contribution in [3.8, 4) is 0 Å². The van der Waals surface area contributed by atoms with Crippen molar-refractivity contribution in [1.29, 1.82) is 0 Å². The molecule has 0 spiro atoms. The Hall–Kier alpha value is -1.03. The maximum atomic E-state index is 11.1. The second-order valence-electron chi connectivity index (χ2n) is 2.30. The van der Waals surface area contributed by atoms with Gasteiger partial charge in [-0.3, -0.25) is 4.79 Å². The molecule has 1 aliphatic heterocycles. The first-order valence-electron chi connectivity index (χ1n) is 3.26. The quantitative estimate of drug-likeness (QED) is 0.599. The molecular formula is C7H10O4. The van der Waals surface area contributed by atoms with Crippen LogP contribution in [0.2, 0.25) is 0 Å². The minimum atomic E-state index is -0.654. The highest BCUT2D eigenvalue weighted by atomic mass is 16.5. The lowest BCUT2D eigenvalue weighted by molar-refractivity contribution is -0.133. The minimum Gasteiger partial charge on any atom is -0.502 e. The van der Waals surface area contributed by atoms with Gasteiger partial charge in [0.2, 0.25) is 5.78 Å². The van der Waals surface area contributed by atoms with Gasteiger partial charge in [-0.2, -0.15) is 0 Å². The third-order valence-corrected chi connectivity index (χ3v) is 1.60. The average Bonchev–Trinajstić information content (AvgIpc) is 2.01. The number of carbonyl (C=O) groups is 1. The van der Waals surface area contributed by atoms with Crippen molar-refractivity contribution in [2.24, 2.45) is 0 Å². The van der Waals surface area contributed by atoms with Crippen LogP contribution in [0.5, 0.6) is 0 Å². The number of ether oxygens (including phenoxy) is 2. The fraction of sp³-hybridized carbons (Fsp3) is 0.571. The van der Waals surface area contributed by atoms with Crippen LogP contribution in [0, 0.1) is 0 Å². The molecule has 0 aromatic rings. The fourth-order valence-corrected chi connectivity index (χ4v) is 0.846. The van der Waals surface area contributed by atoms with E-state index in [9.17, 15) is 4.79 Å². The number of ketones is 1. The molecular weight excluding hydrogens is 148 g/mol. The second kappa shape index (κ2) is 2.92. The summed E-state index contributed by atoms with van der Waals surface area (Å²) in [6, 6.07) is 0. The summed E-state index contributed by atoms with van der Waals surface area (Å²) in [4.78, 5) is 11.1. The Morgan fingerprint density at radius 1 is 1.73 bits per heavy atom. The highest BCUT2D eigenvalue weighted by Crippen LogP contribution is 2.14. The maximum absolute atomic E-state index is 11.1. The Balaban J connectivity index is 2.81. The summed E-state index contributed by atoms with van der Waals surface area (Å²) in [5.41, 5.74) is 0. The molecule has 0 bridgehead atoms. The van der Waals surface area contributed by atoms with Gasteiger partial charge in [-0.15, -0.1) is 0 Å². The number of rotatable bonds is 1. The van der Waals surface area contributed by atoms with E-state index in [1.54, 1.807) is 6.92 Å². The second-order valence-corrected chi connectivity index (χ2v) is 2.30. The molecule has 1 N–H and O–H groups in total. The third-order valence-electron chi connectivity index (χ3n) is 1.60. The van der Waals surface area contributed by atoms with E-state index in [1.807, 2.05) is 0 Å². The standard InChI is InChI=1S/C7H10O4/c1-4-6(8)7(9)5(10-2)3-11-4/h5,8H,3H2,1-2H3. The number of aliphatic hydroxyl groups excluding tert-OH is 1. The predicted octanol–water partition coefficient (Wildman–Crippen LogP) is 0.390. The molecule has 1 aliphatic rings. The molecule has 0 fully saturated rings. The number of hydrogen-bond donors (Lipinski definition) is 1. The zero-order chi connectivity index (χ0) is 8.43. The van der Waals surface area contributed by atoms with E-state index < -0.39 is 11.9 Å². The van der Waals surface area contributed by atoms with Gasteiger partial charge in [0, 0.05) is 7.11 Å². The molecule has 1 heterocycles. The van der Waals surface area contributed by atoms with Gasteiger partial charge in [0.05, 0.1) is 0 Å². The van der Waals surface area contributed by atoms with E-state index in [2.05, 4.69) is 0 Å². The molecule has 0 aromatic heterocycles. The van der Waals surface area contributed by atoms with Gasteiger partial charge in [0.25, 0.3) is 0 Å². The number of methoxy groups -OCH3 is 1. The molecule has 0 saturated heterocycles. The molecule has 1 unspecified atom stereocenters. The van der Waals surface area contributed by atoms with Crippen molar-refractivity contribution in [3.63, 3.8) is 0 Å². The van der Waals surface area contributed by atoms with Gasteiger partial charge >= 0.3 is 0 Å². The van der Waals surface area contributed by atoms with Gasteiger partial charge in [0.1, 0.15) is 12.4 Å². The van der Waals surface area contributed by atoms with Crippen LogP contribution >= 0.6 is 0 Å². The van der Waals surface area contributed by atoms with Crippen molar-refractivity contribution >= 4 is 5.78 Å². The number of Topliss-reactive ketones (excluding diaryl/α,β-unsaturated/α-hetero) is 1. The zero-order valence-electron chi connectivity index (χ0n) is 6.46. The van der Waals surface area contributed by atoms with Crippen molar-refractivity contribution in [3.05, 3.63) is 11.5 Å². The molecule has 1 rings (SSSR count). The highest BCUT2D eigenvalue weighted by Gasteiger charge is 2.28. The van der Waals surface area contributed by atoms with E-state index in [4.69, 9.17) is 14.6 Å². The fourth-order valence-electron chi connectivity index (χ4n) is 0.846. The molecule has 0 amide bonds. The molecule has 0 aliphatic carbocycles. The molecule has 0 radical (unpaired) electrons. The van der Waals surface area contributed by atoms with Crippen LogP contribution in [0.4, 0.5) is 0 Å². The van der Waals surface area contributed by atoms with Crippen LogP contribution in [0.1, 0.15) is 6.92 Å². The summed E-state index contributed by atoms with van der Waals surface area (Å²) in [6.07, 6.45) is -0.654. The van der Waals surface area contributed by atoms with Crippen LogP contribution < -0.4 is 0 Å². The lowest BCUT2D eigenvalue weighted by atomic mass is 10.1. The van der Waals surface area contributed by atoms with Crippen LogP contribution in [0.25, 0.3) is 0 Å². The number of allylic oxidation sites excluding steroid dienone is 1. The number of hydrogen-bond acceptors (Lipinski definition) is 4. The van der Waals surface area contributed by atoms with Crippen molar-refractivity contribution < 1.29 is 19.4 Å². The third kappa shape index (κ3) is 1.35. The largest absolute Gasteiger partial charge is 0.502 e. The topological polar surface area (TPSA) is 55.8 Å². The summed E-state index contributed by atoms with van der Waals surface area (Å²) < 4.78 is 9.70. The molecule has 0 saturated carbocycles.